The highest BCUT2D eigenvalue weighted by Crippen LogP contribution is 2.28. The summed E-state index contributed by atoms with van der Waals surface area (Å²) in [5, 5.41) is 12.5. The number of hydrogen-bond acceptors (Lipinski definition) is 3. The van der Waals surface area contributed by atoms with E-state index in [1.807, 2.05) is 24.3 Å². The topological polar surface area (TPSA) is 69.6 Å². The molecule has 2 aromatic rings. The van der Waals surface area contributed by atoms with Gasteiger partial charge in [-0.1, -0.05) is 41.9 Å². The van der Waals surface area contributed by atoms with E-state index in [-0.39, 0.29) is 24.8 Å². The lowest BCUT2D eigenvalue weighted by molar-refractivity contribution is -0.128. The summed E-state index contributed by atoms with van der Waals surface area (Å²) in [6.45, 7) is 0.684. The Hall–Kier alpha value is -2.37. The second-order valence-electron chi connectivity index (χ2n) is 5.88. The summed E-state index contributed by atoms with van der Waals surface area (Å²) in [4.78, 5) is 26.5. The molecule has 2 aromatic carbocycles. The van der Waals surface area contributed by atoms with E-state index in [0.29, 0.717) is 23.7 Å². The molecule has 25 heavy (non-hydrogen) atoms. The van der Waals surface area contributed by atoms with Crippen molar-refractivity contribution in [2.45, 2.75) is 12.5 Å². The number of nitrogens with one attached hydrogen (secondary N) is 1. The van der Waals surface area contributed by atoms with E-state index in [1.165, 1.54) is 4.90 Å². The largest absolute Gasteiger partial charge is 0.396 e. The Kier molecular flexibility index (Phi) is 5.36. The minimum atomic E-state index is -0.643. The molecule has 0 saturated carbocycles. The van der Waals surface area contributed by atoms with Crippen LogP contribution in [-0.2, 0) is 4.79 Å². The molecule has 1 aliphatic heterocycles. The molecule has 0 unspecified atom stereocenters. The number of aliphatic hydroxyl groups is 1. The molecule has 1 aliphatic rings. The first-order valence-electron chi connectivity index (χ1n) is 8.16. The molecule has 1 atom stereocenters. The van der Waals surface area contributed by atoms with Crippen molar-refractivity contribution < 1.29 is 14.7 Å². The van der Waals surface area contributed by atoms with Gasteiger partial charge in [0.2, 0.25) is 5.91 Å². The molecule has 2 amide bonds. The van der Waals surface area contributed by atoms with Crippen LogP contribution in [0.4, 0.5) is 0 Å². The number of aliphatic hydroxyl groups excluding tert-OH is 1. The van der Waals surface area contributed by atoms with Gasteiger partial charge in [0.25, 0.3) is 5.91 Å². The van der Waals surface area contributed by atoms with E-state index in [2.05, 4.69) is 5.32 Å². The Balaban J connectivity index is 1.91. The van der Waals surface area contributed by atoms with Gasteiger partial charge in [-0.2, -0.15) is 0 Å². The molecule has 1 heterocycles. The average molecular weight is 359 g/mol. The number of halogens is 1. The fourth-order valence-electron chi connectivity index (χ4n) is 3.05. The highest BCUT2D eigenvalue weighted by molar-refractivity contribution is 6.33. The normalized spacial score (nSPS) is 17.3. The second-order valence-corrected chi connectivity index (χ2v) is 6.29. The molecule has 5 nitrogen and oxygen atoms in total. The molecule has 0 radical (unpaired) electrons. The van der Waals surface area contributed by atoms with Gasteiger partial charge in [0.05, 0.1) is 0 Å². The number of piperazine rings is 1. The number of nitrogens with zero attached hydrogens (tertiary/aromatic N) is 1. The molecular formula is C19H19ClN2O3. The third kappa shape index (κ3) is 3.67. The molecule has 0 bridgehead atoms. The monoisotopic (exact) mass is 358 g/mol. The van der Waals surface area contributed by atoms with Crippen molar-refractivity contribution in [3.8, 4) is 11.1 Å². The van der Waals surface area contributed by atoms with Crippen molar-refractivity contribution in [2.24, 2.45) is 0 Å². The number of carbonyl (C=O) groups is 2. The molecule has 6 heteroatoms. The maximum atomic E-state index is 12.9. The molecule has 1 saturated heterocycles. The van der Waals surface area contributed by atoms with Crippen LogP contribution in [0.2, 0.25) is 5.02 Å². The molecular weight excluding hydrogens is 340 g/mol. The molecule has 2 N–H and O–H groups in total. The lowest BCUT2D eigenvalue weighted by Gasteiger charge is -2.35. The predicted molar refractivity (Wildman–Crippen MR) is 96.4 cm³/mol. The van der Waals surface area contributed by atoms with Crippen LogP contribution in [-0.4, -0.2) is 47.6 Å². The van der Waals surface area contributed by atoms with Crippen LogP contribution in [0.3, 0.4) is 0 Å². The fraction of sp³-hybridized carbons (Fsp3) is 0.263. The fourth-order valence-corrected chi connectivity index (χ4v) is 3.29. The first-order valence-corrected chi connectivity index (χ1v) is 8.54. The number of rotatable bonds is 4. The average Bonchev–Trinajstić information content (AvgIpc) is 2.63. The number of amides is 2. The number of carbonyl (C=O) groups excluding carboxylic acids is 2. The number of hydrogen-bond donors (Lipinski definition) is 2. The lowest BCUT2D eigenvalue weighted by atomic mass is 10.0. The van der Waals surface area contributed by atoms with E-state index in [4.69, 9.17) is 11.6 Å². The van der Waals surface area contributed by atoms with E-state index < -0.39 is 6.04 Å². The standard InChI is InChI=1S/C19H19ClN2O3/c20-16-7-2-1-6-15(16)13-4-3-5-14(12-13)19(25)22-10-9-21-18(24)17(22)8-11-23/h1-7,12,17,23H,8-11H2,(H,21,24)/t17-/m0/s1. The molecule has 0 aromatic heterocycles. The minimum absolute atomic E-state index is 0.151. The summed E-state index contributed by atoms with van der Waals surface area (Å²) in [6.07, 6.45) is 0.224. The van der Waals surface area contributed by atoms with Gasteiger partial charge in [-0.3, -0.25) is 9.59 Å². The van der Waals surface area contributed by atoms with E-state index in [9.17, 15) is 14.7 Å². The van der Waals surface area contributed by atoms with Crippen molar-refractivity contribution in [1.82, 2.24) is 10.2 Å². The third-order valence-corrected chi connectivity index (χ3v) is 4.62. The highest BCUT2D eigenvalue weighted by atomic mass is 35.5. The minimum Gasteiger partial charge on any atom is -0.396 e. The van der Waals surface area contributed by atoms with Crippen molar-refractivity contribution in [1.29, 1.82) is 0 Å². The summed E-state index contributed by atoms with van der Waals surface area (Å²) in [7, 11) is 0. The SMILES string of the molecule is O=C1NCCN(C(=O)c2cccc(-c3ccccc3Cl)c2)[C@H]1CCO. The maximum absolute atomic E-state index is 12.9. The van der Waals surface area contributed by atoms with Gasteiger partial charge in [-0.05, 0) is 30.2 Å². The smallest absolute Gasteiger partial charge is 0.254 e. The van der Waals surface area contributed by atoms with Crippen LogP contribution >= 0.6 is 11.6 Å². The first-order chi connectivity index (χ1) is 12.1. The van der Waals surface area contributed by atoms with E-state index in [1.54, 1.807) is 24.3 Å². The van der Waals surface area contributed by atoms with Gasteiger partial charge >= 0.3 is 0 Å². The van der Waals surface area contributed by atoms with Gasteiger partial charge in [0, 0.05) is 35.8 Å². The zero-order valence-electron chi connectivity index (χ0n) is 13.6. The Bertz CT molecular complexity index is 794. The lowest BCUT2D eigenvalue weighted by Crippen LogP contribution is -2.57. The third-order valence-electron chi connectivity index (χ3n) is 4.29. The van der Waals surface area contributed by atoms with Crippen molar-refractivity contribution in [2.75, 3.05) is 19.7 Å². The Morgan fingerprint density at radius 2 is 2.04 bits per heavy atom. The first kappa shape index (κ1) is 17.5. The zero-order chi connectivity index (χ0) is 17.8. The van der Waals surface area contributed by atoms with Crippen molar-refractivity contribution >= 4 is 23.4 Å². The predicted octanol–water partition coefficient (Wildman–Crippen LogP) is 2.33. The second kappa shape index (κ2) is 7.68. The summed E-state index contributed by atoms with van der Waals surface area (Å²) in [5.74, 6) is -0.446. The van der Waals surface area contributed by atoms with Crippen LogP contribution in [0.1, 0.15) is 16.8 Å². The van der Waals surface area contributed by atoms with E-state index >= 15 is 0 Å². The Morgan fingerprint density at radius 3 is 2.80 bits per heavy atom. The van der Waals surface area contributed by atoms with Crippen molar-refractivity contribution in [3.63, 3.8) is 0 Å². The van der Waals surface area contributed by atoms with Gasteiger partial charge in [0.15, 0.2) is 0 Å². The summed E-state index contributed by atoms with van der Waals surface area (Å²) in [6, 6.07) is 14.0. The molecule has 130 valence electrons. The van der Waals surface area contributed by atoms with Crippen molar-refractivity contribution in [3.05, 3.63) is 59.1 Å². The highest BCUT2D eigenvalue weighted by Gasteiger charge is 2.33. The Labute approximate surface area is 151 Å². The molecule has 0 aliphatic carbocycles. The van der Waals surface area contributed by atoms with Gasteiger partial charge in [0.1, 0.15) is 6.04 Å². The van der Waals surface area contributed by atoms with Gasteiger partial charge < -0.3 is 15.3 Å². The zero-order valence-corrected chi connectivity index (χ0v) is 14.4. The quantitative estimate of drug-likeness (QED) is 0.881. The summed E-state index contributed by atoms with van der Waals surface area (Å²) < 4.78 is 0. The van der Waals surface area contributed by atoms with Crippen LogP contribution < -0.4 is 5.32 Å². The van der Waals surface area contributed by atoms with Crippen LogP contribution in [0.25, 0.3) is 11.1 Å². The summed E-state index contributed by atoms with van der Waals surface area (Å²) in [5.41, 5.74) is 2.19. The Morgan fingerprint density at radius 1 is 1.24 bits per heavy atom. The molecule has 3 rings (SSSR count). The molecule has 0 spiro atoms. The summed E-state index contributed by atoms with van der Waals surface area (Å²) >= 11 is 6.25. The molecule has 1 fully saturated rings. The van der Waals surface area contributed by atoms with Crippen LogP contribution in [0.5, 0.6) is 0 Å². The number of benzene rings is 2. The maximum Gasteiger partial charge on any atom is 0.254 e. The van der Waals surface area contributed by atoms with Crippen LogP contribution in [0.15, 0.2) is 48.5 Å². The van der Waals surface area contributed by atoms with Gasteiger partial charge in [-0.15, -0.1) is 0 Å². The van der Waals surface area contributed by atoms with E-state index in [0.717, 1.165) is 11.1 Å². The van der Waals surface area contributed by atoms with Gasteiger partial charge in [-0.25, -0.2) is 0 Å². The van der Waals surface area contributed by atoms with Crippen LogP contribution in [0, 0.1) is 0 Å².